The first-order chi connectivity index (χ1) is 8.09. The fourth-order valence-electron chi connectivity index (χ4n) is 1.63. The summed E-state index contributed by atoms with van der Waals surface area (Å²) >= 11 is 1.41. The second kappa shape index (κ2) is 4.59. The van der Waals surface area contributed by atoms with Crippen molar-refractivity contribution >= 4 is 23.0 Å². The summed E-state index contributed by atoms with van der Waals surface area (Å²) in [6.45, 7) is 0. The van der Waals surface area contributed by atoms with Crippen LogP contribution in [0.25, 0.3) is 11.1 Å². The number of nitrogens with zero attached hydrogens (tertiary/aromatic N) is 1. The number of anilines is 1. The topological polar surface area (TPSA) is 40.5 Å². The zero-order valence-corrected chi connectivity index (χ0v) is 10.5. The van der Waals surface area contributed by atoms with E-state index in [4.69, 9.17) is 5.11 Å². The van der Waals surface area contributed by atoms with Crippen LogP contribution in [-0.4, -0.2) is 25.2 Å². The summed E-state index contributed by atoms with van der Waals surface area (Å²) in [5.41, 5.74) is 3.19. The number of hydrogen-bond donors (Lipinski definition) is 1. The fourth-order valence-corrected chi connectivity index (χ4v) is 2.46. The standard InChI is InChI=1S/C13H13NO2S/c1-14(2)10-5-3-9(4-6-10)11-7-17-8-12(11)13(15)16/h3-8H,1-2H3,(H,15,16). The van der Waals surface area contributed by atoms with Crippen molar-refractivity contribution in [3.8, 4) is 11.1 Å². The predicted octanol–water partition coefficient (Wildman–Crippen LogP) is 3.18. The first kappa shape index (κ1) is 11.7. The first-order valence-electron chi connectivity index (χ1n) is 5.17. The highest BCUT2D eigenvalue weighted by molar-refractivity contribution is 7.08. The highest BCUT2D eigenvalue weighted by atomic mass is 32.1. The van der Waals surface area contributed by atoms with Crippen LogP contribution >= 0.6 is 11.3 Å². The minimum Gasteiger partial charge on any atom is -0.478 e. The lowest BCUT2D eigenvalue weighted by Gasteiger charge is -2.12. The summed E-state index contributed by atoms with van der Waals surface area (Å²) in [5, 5.41) is 12.6. The Morgan fingerprint density at radius 2 is 1.82 bits per heavy atom. The maximum Gasteiger partial charge on any atom is 0.337 e. The maximum atomic E-state index is 11.0. The van der Waals surface area contributed by atoms with Crippen LogP contribution in [0.2, 0.25) is 0 Å². The third kappa shape index (κ3) is 2.31. The van der Waals surface area contributed by atoms with Crippen molar-refractivity contribution in [1.82, 2.24) is 0 Å². The molecule has 3 nitrogen and oxygen atoms in total. The Hall–Kier alpha value is -1.81. The normalized spacial score (nSPS) is 10.2. The SMILES string of the molecule is CN(C)c1ccc(-c2cscc2C(=O)O)cc1. The third-order valence-corrected chi connectivity index (χ3v) is 3.33. The lowest BCUT2D eigenvalue weighted by Crippen LogP contribution is -2.07. The molecule has 1 aromatic heterocycles. The Kier molecular flexibility index (Phi) is 3.15. The summed E-state index contributed by atoms with van der Waals surface area (Å²) in [5.74, 6) is -0.877. The van der Waals surface area contributed by atoms with E-state index in [1.165, 1.54) is 11.3 Å². The van der Waals surface area contributed by atoms with Gasteiger partial charge >= 0.3 is 5.97 Å². The molecule has 1 aromatic carbocycles. The van der Waals surface area contributed by atoms with Gasteiger partial charge in [0.15, 0.2) is 0 Å². The average molecular weight is 247 g/mol. The van der Waals surface area contributed by atoms with Crippen LogP contribution in [0.4, 0.5) is 5.69 Å². The van der Waals surface area contributed by atoms with Crippen molar-refractivity contribution in [3.63, 3.8) is 0 Å². The molecule has 0 amide bonds. The molecule has 4 heteroatoms. The number of carboxylic acid groups (broad SMARTS) is 1. The van der Waals surface area contributed by atoms with E-state index >= 15 is 0 Å². The number of carboxylic acids is 1. The molecule has 0 fully saturated rings. The Morgan fingerprint density at radius 1 is 1.18 bits per heavy atom. The van der Waals surface area contributed by atoms with Gasteiger partial charge in [-0.2, -0.15) is 11.3 Å². The molecule has 0 unspecified atom stereocenters. The van der Waals surface area contributed by atoms with Gasteiger partial charge in [-0.15, -0.1) is 0 Å². The summed E-state index contributed by atoms with van der Waals surface area (Å²) in [4.78, 5) is 13.0. The molecule has 17 heavy (non-hydrogen) atoms. The summed E-state index contributed by atoms with van der Waals surface area (Å²) in [6, 6.07) is 7.87. The minimum atomic E-state index is -0.877. The molecule has 0 saturated carbocycles. The Balaban J connectivity index is 2.40. The van der Waals surface area contributed by atoms with Crippen molar-refractivity contribution in [2.75, 3.05) is 19.0 Å². The summed E-state index contributed by atoms with van der Waals surface area (Å²) in [7, 11) is 3.95. The molecule has 0 aliphatic rings. The van der Waals surface area contributed by atoms with E-state index in [0.717, 1.165) is 16.8 Å². The first-order valence-corrected chi connectivity index (χ1v) is 6.11. The molecule has 0 atom stereocenters. The molecular weight excluding hydrogens is 234 g/mol. The van der Waals surface area contributed by atoms with Gasteiger partial charge < -0.3 is 10.0 Å². The van der Waals surface area contributed by atoms with Gasteiger partial charge in [-0.25, -0.2) is 4.79 Å². The zero-order chi connectivity index (χ0) is 12.4. The lowest BCUT2D eigenvalue weighted by atomic mass is 10.0. The maximum absolute atomic E-state index is 11.0. The average Bonchev–Trinajstić information content (AvgIpc) is 2.78. The van der Waals surface area contributed by atoms with E-state index < -0.39 is 5.97 Å². The van der Waals surface area contributed by atoms with Crippen LogP contribution in [0.1, 0.15) is 10.4 Å². The fraction of sp³-hybridized carbons (Fsp3) is 0.154. The van der Waals surface area contributed by atoms with Crippen LogP contribution in [0.15, 0.2) is 35.0 Å². The van der Waals surface area contributed by atoms with E-state index in [9.17, 15) is 4.79 Å². The number of rotatable bonds is 3. The lowest BCUT2D eigenvalue weighted by molar-refractivity contribution is 0.0698. The van der Waals surface area contributed by atoms with E-state index in [2.05, 4.69) is 0 Å². The Bertz CT molecular complexity index is 529. The number of benzene rings is 1. The van der Waals surface area contributed by atoms with E-state index in [0.29, 0.717) is 5.56 Å². The highest BCUT2D eigenvalue weighted by Gasteiger charge is 2.12. The third-order valence-electron chi connectivity index (χ3n) is 2.59. The smallest absolute Gasteiger partial charge is 0.337 e. The molecule has 2 rings (SSSR count). The highest BCUT2D eigenvalue weighted by Crippen LogP contribution is 2.28. The van der Waals surface area contributed by atoms with Crippen LogP contribution < -0.4 is 4.90 Å². The van der Waals surface area contributed by atoms with E-state index in [1.54, 1.807) is 5.38 Å². The molecule has 0 radical (unpaired) electrons. The molecule has 0 aliphatic heterocycles. The molecule has 1 heterocycles. The monoisotopic (exact) mass is 247 g/mol. The molecule has 2 aromatic rings. The molecule has 0 bridgehead atoms. The van der Waals surface area contributed by atoms with Gasteiger partial charge in [0.1, 0.15) is 0 Å². The van der Waals surface area contributed by atoms with Gasteiger partial charge in [-0.05, 0) is 23.1 Å². The van der Waals surface area contributed by atoms with Gasteiger partial charge in [-0.1, -0.05) is 12.1 Å². The van der Waals surface area contributed by atoms with Gasteiger partial charge in [0, 0.05) is 30.7 Å². The molecule has 88 valence electrons. The van der Waals surface area contributed by atoms with E-state index in [-0.39, 0.29) is 0 Å². The summed E-state index contributed by atoms with van der Waals surface area (Å²) < 4.78 is 0. The molecule has 1 N–H and O–H groups in total. The van der Waals surface area contributed by atoms with Gasteiger partial charge in [0.05, 0.1) is 5.56 Å². The Labute approximate surface area is 104 Å². The van der Waals surface area contributed by atoms with Crippen LogP contribution in [0, 0.1) is 0 Å². The van der Waals surface area contributed by atoms with Crippen molar-refractivity contribution in [1.29, 1.82) is 0 Å². The van der Waals surface area contributed by atoms with Gasteiger partial charge in [0.25, 0.3) is 0 Å². The number of carbonyl (C=O) groups is 1. The minimum absolute atomic E-state index is 0.368. The van der Waals surface area contributed by atoms with Crippen molar-refractivity contribution in [3.05, 3.63) is 40.6 Å². The quantitative estimate of drug-likeness (QED) is 0.905. The van der Waals surface area contributed by atoms with Crippen LogP contribution in [0.3, 0.4) is 0 Å². The molecular formula is C13H13NO2S. The molecule has 0 spiro atoms. The van der Waals surface area contributed by atoms with Crippen molar-refractivity contribution in [2.45, 2.75) is 0 Å². The van der Waals surface area contributed by atoms with Crippen LogP contribution in [-0.2, 0) is 0 Å². The molecule has 0 saturated heterocycles. The predicted molar refractivity (Wildman–Crippen MR) is 71.0 cm³/mol. The van der Waals surface area contributed by atoms with Gasteiger partial charge in [-0.3, -0.25) is 0 Å². The second-order valence-corrected chi connectivity index (χ2v) is 4.69. The number of hydrogen-bond acceptors (Lipinski definition) is 3. The largest absolute Gasteiger partial charge is 0.478 e. The zero-order valence-electron chi connectivity index (χ0n) is 9.68. The van der Waals surface area contributed by atoms with Crippen molar-refractivity contribution < 1.29 is 9.90 Å². The Morgan fingerprint density at radius 3 is 2.35 bits per heavy atom. The van der Waals surface area contributed by atoms with Crippen molar-refractivity contribution in [2.24, 2.45) is 0 Å². The molecule has 0 aliphatic carbocycles. The van der Waals surface area contributed by atoms with Gasteiger partial charge in [0.2, 0.25) is 0 Å². The second-order valence-electron chi connectivity index (χ2n) is 3.95. The summed E-state index contributed by atoms with van der Waals surface area (Å²) in [6.07, 6.45) is 0. The number of thiophene rings is 1. The number of aromatic carboxylic acids is 1. The van der Waals surface area contributed by atoms with Crippen LogP contribution in [0.5, 0.6) is 0 Å². The van der Waals surface area contributed by atoms with E-state index in [1.807, 2.05) is 48.6 Å².